The van der Waals surface area contributed by atoms with Crippen molar-refractivity contribution in [3.8, 4) is 0 Å². The molecule has 1 aromatic rings. The van der Waals surface area contributed by atoms with E-state index in [2.05, 4.69) is 0 Å². The molecule has 1 aliphatic heterocycles. The molecule has 1 aliphatic rings. The Labute approximate surface area is 105 Å². The van der Waals surface area contributed by atoms with Crippen LogP contribution in [0, 0.1) is 0 Å². The summed E-state index contributed by atoms with van der Waals surface area (Å²) >= 11 is 0. The summed E-state index contributed by atoms with van der Waals surface area (Å²) in [7, 11) is 0. The van der Waals surface area contributed by atoms with E-state index in [1.807, 2.05) is 18.2 Å². The highest BCUT2D eigenvalue weighted by atomic mass is 16.5. The Morgan fingerprint density at radius 3 is 2.67 bits per heavy atom. The van der Waals surface area contributed by atoms with Crippen molar-refractivity contribution in [2.45, 2.75) is 25.5 Å². The number of carbonyl (C=O) groups is 2. The number of morpholine rings is 1. The third kappa shape index (κ3) is 2.22. The first kappa shape index (κ1) is 12.6. The molecule has 96 valence electrons. The maximum Gasteiger partial charge on any atom is 0.414 e. The Bertz CT molecular complexity index is 446. The predicted octanol–water partition coefficient (Wildman–Crippen LogP) is 2.04. The van der Waals surface area contributed by atoms with Crippen LogP contribution in [0.2, 0.25) is 0 Å². The van der Waals surface area contributed by atoms with Gasteiger partial charge in [0.25, 0.3) is 5.91 Å². The van der Waals surface area contributed by atoms with Crippen molar-refractivity contribution in [1.82, 2.24) is 4.90 Å². The molecule has 0 unspecified atom stereocenters. The van der Waals surface area contributed by atoms with Gasteiger partial charge in [0, 0.05) is 0 Å². The Morgan fingerprint density at radius 1 is 1.44 bits per heavy atom. The SMILES string of the molecule is CC[C@H]1OC[C@@H](c2ccccc2)N(C(=O)O)C1=O. The van der Waals surface area contributed by atoms with Gasteiger partial charge in [-0.3, -0.25) is 4.79 Å². The van der Waals surface area contributed by atoms with Crippen molar-refractivity contribution < 1.29 is 19.4 Å². The van der Waals surface area contributed by atoms with Crippen molar-refractivity contribution in [3.05, 3.63) is 35.9 Å². The summed E-state index contributed by atoms with van der Waals surface area (Å²) in [5, 5.41) is 9.20. The van der Waals surface area contributed by atoms with Gasteiger partial charge in [-0.15, -0.1) is 0 Å². The number of imide groups is 1. The molecule has 1 saturated heterocycles. The molecule has 5 heteroatoms. The third-order valence-electron chi connectivity index (χ3n) is 3.04. The smallest absolute Gasteiger partial charge is 0.414 e. The number of hydrogen-bond donors (Lipinski definition) is 1. The maximum atomic E-state index is 12.0. The average molecular weight is 249 g/mol. The highest BCUT2D eigenvalue weighted by Gasteiger charge is 2.39. The van der Waals surface area contributed by atoms with Crippen LogP contribution in [0.5, 0.6) is 0 Å². The summed E-state index contributed by atoms with van der Waals surface area (Å²) in [5.74, 6) is -0.481. The minimum Gasteiger partial charge on any atom is -0.465 e. The van der Waals surface area contributed by atoms with E-state index in [0.717, 1.165) is 10.5 Å². The number of benzene rings is 1. The molecule has 0 saturated carbocycles. The lowest BCUT2D eigenvalue weighted by atomic mass is 10.0. The fourth-order valence-corrected chi connectivity index (χ4v) is 2.10. The number of carbonyl (C=O) groups excluding carboxylic acids is 1. The normalized spacial score (nSPS) is 24.1. The number of hydrogen-bond acceptors (Lipinski definition) is 3. The summed E-state index contributed by atoms with van der Waals surface area (Å²) in [6, 6.07) is 8.50. The van der Waals surface area contributed by atoms with Crippen molar-refractivity contribution >= 4 is 12.0 Å². The van der Waals surface area contributed by atoms with Crippen LogP contribution < -0.4 is 0 Å². The topological polar surface area (TPSA) is 66.8 Å². The molecular weight excluding hydrogens is 234 g/mol. The molecule has 0 aromatic heterocycles. The molecule has 2 amide bonds. The second-order valence-electron chi connectivity index (χ2n) is 4.15. The summed E-state index contributed by atoms with van der Waals surface area (Å²) in [4.78, 5) is 24.1. The number of amides is 2. The van der Waals surface area contributed by atoms with E-state index in [1.54, 1.807) is 19.1 Å². The van der Waals surface area contributed by atoms with Gasteiger partial charge in [0.05, 0.1) is 12.6 Å². The molecular formula is C13H15NO4. The van der Waals surface area contributed by atoms with Crippen LogP contribution >= 0.6 is 0 Å². The first-order valence-electron chi connectivity index (χ1n) is 5.87. The van der Waals surface area contributed by atoms with Crippen molar-refractivity contribution in [2.24, 2.45) is 0 Å². The van der Waals surface area contributed by atoms with Crippen LogP contribution in [0.25, 0.3) is 0 Å². The Morgan fingerprint density at radius 2 is 2.11 bits per heavy atom. The molecule has 0 spiro atoms. The van der Waals surface area contributed by atoms with E-state index in [0.29, 0.717) is 6.42 Å². The van der Waals surface area contributed by atoms with E-state index >= 15 is 0 Å². The van der Waals surface area contributed by atoms with Gasteiger partial charge >= 0.3 is 6.09 Å². The lowest BCUT2D eigenvalue weighted by molar-refractivity contribution is -0.156. The monoisotopic (exact) mass is 249 g/mol. The Kier molecular flexibility index (Phi) is 3.62. The summed E-state index contributed by atoms with van der Waals surface area (Å²) < 4.78 is 5.43. The highest BCUT2D eigenvalue weighted by molar-refractivity contribution is 5.94. The van der Waals surface area contributed by atoms with Crippen LogP contribution in [0.3, 0.4) is 0 Å². The number of carboxylic acid groups (broad SMARTS) is 1. The molecule has 0 aliphatic carbocycles. The van der Waals surface area contributed by atoms with E-state index in [-0.39, 0.29) is 6.61 Å². The second kappa shape index (κ2) is 5.18. The van der Waals surface area contributed by atoms with Crippen molar-refractivity contribution in [3.63, 3.8) is 0 Å². The maximum absolute atomic E-state index is 12.0. The minimum atomic E-state index is -1.23. The van der Waals surface area contributed by atoms with Gasteiger partial charge in [-0.2, -0.15) is 0 Å². The zero-order chi connectivity index (χ0) is 13.1. The fourth-order valence-electron chi connectivity index (χ4n) is 2.10. The predicted molar refractivity (Wildman–Crippen MR) is 64.1 cm³/mol. The Balaban J connectivity index is 2.31. The van der Waals surface area contributed by atoms with Gasteiger partial charge in [-0.05, 0) is 12.0 Å². The first-order chi connectivity index (χ1) is 8.65. The highest BCUT2D eigenvalue weighted by Crippen LogP contribution is 2.27. The molecule has 1 heterocycles. The van der Waals surface area contributed by atoms with Crippen molar-refractivity contribution in [2.75, 3.05) is 6.61 Å². The van der Waals surface area contributed by atoms with E-state index in [4.69, 9.17) is 4.74 Å². The van der Waals surface area contributed by atoms with Crippen LogP contribution in [0.4, 0.5) is 4.79 Å². The largest absolute Gasteiger partial charge is 0.465 e. The average Bonchev–Trinajstić information content (AvgIpc) is 2.39. The quantitative estimate of drug-likeness (QED) is 0.871. The number of nitrogens with zero attached hydrogens (tertiary/aromatic N) is 1. The van der Waals surface area contributed by atoms with Gasteiger partial charge in [0.1, 0.15) is 6.10 Å². The zero-order valence-corrected chi connectivity index (χ0v) is 10.1. The van der Waals surface area contributed by atoms with Gasteiger partial charge in [-0.25, -0.2) is 9.69 Å². The molecule has 1 aromatic carbocycles. The molecule has 0 radical (unpaired) electrons. The standard InChI is InChI=1S/C13H15NO4/c1-2-11-12(15)14(13(16)17)10(8-18-11)9-6-4-3-5-7-9/h3-7,10-11H,2,8H2,1H3,(H,16,17)/t10-,11+/m0/s1. The van der Waals surface area contributed by atoms with Crippen LogP contribution in [-0.4, -0.2) is 34.7 Å². The van der Waals surface area contributed by atoms with E-state index in [9.17, 15) is 14.7 Å². The molecule has 5 nitrogen and oxygen atoms in total. The van der Waals surface area contributed by atoms with E-state index in [1.165, 1.54) is 0 Å². The fraction of sp³-hybridized carbons (Fsp3) is 0.385. The molecule has 0 bridgehead atoms. The van der Waals surface area contributed by atoms with Crippen molar-refractivity contribution in [1.29, 1.82) is 0 Å². The second-order valence-corrected chi connectivity index (χ2v) is 4.15. The van der Waals surface area contributed by atoms with Gasteiger partial charge in [-0.1, -0.05) is 37.3 Å². The lowest BCUT2D eigenvalue weighted by Gasteiger charge is -2.36. The van der Waals surface area contributed by atoms with Gasteiger partial charge in [0.2, 0.25) is 0 Å². The number of rotatable bonds is 2. The van der Waals surface area contributed by atoms with Crippen LogP contribution in [0.15, 0.2) is 30.3 Å². The summed E-state index contributed by atoms with van der Waals surface area (Å²) in [6.07, 6.45) is -1.40. The third-order valence-corrected chi connectivity index (χ3v) is 3.04. The van der Waals surface area contributed by atoms with Crippen LogP contribution in [-0.2, 0) is 9.53 Å². The lowest BCUT2D eigenvalue weighted by Crippen LogP contribution is -2.51. The molecule has 2 rings (SSSR count). The van der Waals surface area contributed by atoms with E-state index < -0.39 is 24.1 Å². The van der Waals surface area contributed by atoms with Crippen LogP contribution in [0.1, 0.15) is 24.9 Å². The number of ether oxygens (including phenoxy) is 1. The summed E-state index contributed by atoms with van der Waals surface area (Å²) in [6.45, 7) is 2.01. The zero-order valence-electron chi connectivity index (χ0n) is 10.1. The van der Waals surface area contributed by atoms with Gasteiger partial charge in [0.15, 0.2) is 0 Å². The summed E-state index contributed by atoms with van der Waals surface area (Å²) in [5.41, 5.74) is 0.766. The molecule has 1 N–H and O–H groups in total. The minimum absolute atomic E-state index is 0.209. The molecule has 18 heavy (non-hydrogen) atoms. The van der Waals surface area contributed by atoms with Gasteiger partial charge < -0.3 is 9.84 Å². The molecule has 2 atom stereocenters. The first-order valence-corrected chi connectivity index (χ1v) is 5.87. The Hall–Kier alpha value is -1.88. The molecule has 1 fully saturated rings.